The first-order valence-electron chi connectivity index (χ1n) is 5.26. The summed E-state index contributed by atoms with van der Waals surface area (Å²) < 4.78 is 18.7. The third-order valence-electron chi connectivity index (χ3n) is 2.46. The van der Waals surface area contributed by atoms with Crippen LogP contribution in [0.4, 0.5) is 21.5 Å². The largest absolute Gasteiger partial charge is 0.497 e. The topological polar surface area (TPSA) is 47.3 Å². The molecular weight excluding hydrogens is 255 g/mol. The summed E-state index contributed by atoms with van der Waals surface area (Å²) in [6.07, 6.45) is 0. The van der Waals surface area contributed by atoms with Gasteiger partial charge in [-0.25, -0.2) is 4.39 Å². The maximum Gasteiger partial charge on any atom is 0.146 e. The van der Waals surface area contributed by atoms with Crippen molar-refractivity contribution < 1.29 is 9.13 Å². The quantitative estimate of drug-likeness (QED) is 0.831. The number of anilines is 3. The maximum absolute atomic E-state index is 13.6. The van der Waals surface area contributed by atoms with Gasteiger partial charge in [0.1, 0.15) is 11.6 Å². The minimum atomic E-state index is -0.384. The van der Waals surface area contributed by atoms with Gasteiger partial charge in [0, 0.05) is 11.1 Å². The molecule has 0 bridgehead atoms. The van der Waals surface area contributed by atoms with Crippen molar-refractivity contribution in [2.24, 2.45) is 0 Å². The Morgan fingerprint density at radius 3 is 2.61 bits per heavy atom. The smallest absolute Gasteiger partial charge is 0.146 e. The molecule has 0 aliphatic rings. The molecule has 2 aromatic rings. The van der Waals surface area contributed by atoms with Gasteiger partial charge in [0.25, 0.3) is 0 Å². The van der Waals surface area contributed by atoms with Gasteiger partial charge in [-0.3, -0.25) is 0 Å². The molecule has 0 atom stereocenters. The highest BCUT2D eigenvalue weighted by atomic mass is 35.5. The Bertz CT molecular complexity index is 575. The predicted molar refractivity (Wildman–Crippen MR) is 72.1 cm³/mol. The van der Waals surface area contributed by atoms with E-state index in [1.807, 2.05) is 0 Å². The Kier molecular flexibility index (Phi) is 3.58. The third-order valence-corrected chi connectivity index (χ3v) is 2.69. The second-order valence-electron chi connectivity index (χ2n) is 3.70. The number of nitrogens with two attached hydrogens (primary N) is 1. The summed E-state index contributed by atoms with van der Waals surface area (Å²) >= 11 is 5.80. The van der Waals surface area contributed by atoms with Crippen molar-refractivity contribution in [3.05, 3.63) is 47.2 Å². The Balaban J connectivity index is 2.33. The van der Waals surface area contributed by atoms with Crippen LogP contribution in [0.2, 0.25) is 5.02 Å². The lowest BCUT2D eigenvalue weighted by atomic mass is 10.2. The summed E-state index contributed by atoms with van der Waals surface area (Å²) in [5.74, 6) is 0.177. The zero-order chi connectivity index (χ0) is 13.1. The molecule has 0 amide bonds. The number of hydrogen-bond acceptors (Lipinski definition) is 3. The molecule has 0 unspecified atom stereocenters. The highest BCUT2D eigenvalue weighted by molar-refractivity contribution is 6.31. The number of methoxy groups -OCH3 is 1. The second-order valence-corrected chi connectivity index (χ2v) is 4.14. The molecule has 3 N–H and O–H groups in total. The van der Waals surface area contributed by atoms with Crippen LogP contribution in [0.15, 0.2) is 36.4 Å². The molecule has 0 heterocycles. The number of hydrogen-bond donors (Lipinski definition) is 2. The molecule has 0 fully saturated rings. The van der Waals surface area contributed by atoms with E-state index >= 15 is 0 Å². The molecule has 0 aliphatic heterocycles. The number of ether oxygens (including phenoxy) is 1. The van der Waals surface area contributed by atoms with Crippen LogP contribution in [0, 0.1) is 5.82 Å². The molecular formula is C13H12ClFN2O. The number of nitrogens with one attached hydrogen (secondary N) is 1. The Morgan fingerprint density at radius 2 is 1.94 bits per heavy atom. The molecule has 5 heteroatoms. The first-order chi connectivity index (χ1) is 8.60. The Labute approximate surface area is 109 Å². The first-order valence-corrected chi connectivity index (χ1v) is 5.63. The Hall–Kier alpha value is -1.94. The standard InChI is InChI=1S/C13H12ClFN2O/c1-18-9-3-4-10(15)13(7-9)17-12-5-2-8(14)6-11(12)16/h2-7,17H,16H2,1H3. The van der Waals surface area contributed by atoms with Gasteiger partial charge in [-0.15, -0.1) is 0 Å². The van der Waals surface area contributed by atoms with Gasteiger partial charge in [0.05, 0.1) is 24.2 Å². The molecule has 0 saturated carbocycles. The molecule has 0 aromatic heterocycles. The summed E-state index contributed by atoms with van der Waals surface area (Å²) in [7, 11) is 1.52. The van der Waals surface area contributed by atoms with Gasteiger partial charge in [-0.1, -0.05) is 11.6 Å². The van der Waals surface area contributed by atoms with Gasteiger partial charge in [0.15, 0.2) is 0 Å². The highest BCUT2D eigenvalue weighted by Crippen LogP contribution is 2.29. The lowest BCUT2D eigenvalue weighted by Crippen LogP contribution is -1.98. The van der Waals surface area contributed by atoms with E-state index in [0.29, 0.717) is 27.8 Å². The van der Waals surface area contributed by atoms with Crippen LogP contribution >= 0.6 is 11.6 Å². The fourth-order valence-corrected chi connectivity index (χ4v) is 1.70. The van der Waals surface area contributed by atoms with E-state index in [0.717, 1.165) is 0 Å². The highest BCUT2D eigenvalue weighted by Gasteiger charge is 2.06. The minimum Gasteiger partial charge on any atom is -0.497 e. The number of halogens is 2. The van der Waals surface area contributed by atoms with E-state index < -0.39 is 0 Å². The lowest BCUT2D eigenvalue weighted by Gasteiger charge is -2.11. The lowest BCUT2D eigenvalue weighted by molar-refractivity contribution is 0.414. The number of benzene rings is 2. The summed E-state index contributed by atoms with van der Waals surface area (Å²) in [5.41, 5.74) is 7.12. The number of nitrogen functional groups attached to an aromatic ring is 1. The summed E-state index contributed by atoms with van der Waals surface area (Å²) in [6, 6.07) is 9.40. The molecule has 18 heavy (non-hydrogen) atoms. The van der Waals surface area contributed by atoms with Crippen LogP contribution in [0.1, 0.15) is 0 Å². The van der Waals surface area contributed by atoms with Gasteiger partial charge < -0.3 is 15.8 Å². The van der Waals surface area contributed by atoms with Gasteiger partial charge >= 0.3 is 0 Å². The fraction of sp³-hybridized carbons (Fsp3) is 0.0769. The molecule has 0 aliphatic carbocycles. The minimum absolute atomic E-state index is 0.295. The average Bonchev–Trinajstić information content (AvgIpc) is 2.35. The monoisotopic (exact) mass is 266 g/mol. The van der Waals surface area contributed by atoms with Crippen molar-refractivity contribution >= 4 is 28.7 Å². The summed E-state index contributed by atoms with van der Waals surface area (Å²) in [6.45, 7) is 0. The first kappa shape index (κ1) is 12.5. The van der Waals surface area contributed by atoms with Crippen molar-refractivity contribution in [3.63, 3.8) is 0 Å². The van der Waals surface area contributed by atoms with Gasteiger partial charge in [-0.05, 0) is 30.3 Å². The Morgan fingerprint density at radius 1 is 1.17 bits per heavy atom. The molecule has 0 spiro atoms. The molecule has 2 aromatic carbocycles. The molecule has 94 valence electrons. The van der Waals surface area contributed by atoms with Crippen LogP contribution < -0.4 is 15.8 Å². The molecule has 0 radical (unpaired) electrons. The van der Waals surface area contributed by atoms with Crippen molar-refractivity contribution in [2.45, 2.75) is 0 Å². The van der Waals surface area contributed by atoms with Gasteiger partial charge in [-0.2, -0.15) is 0 Å². The number of rotatable bonds is 3. The summed E-state index contributed by atoms with van der Waals surface area (Å²) in [4.78, 5) is 0. The third kappa shape index (κ3) is 2.65. The molecule has 0 saturated heterocycles. The van der Waals surface area contributed by atoms with E-state index in [1.54, 1.807) is 30.3 Å². The zero-order valence-corrected chi connectivity index (χ0v) is 10.5. The van der Waals surface area contributed by atoms with Crippen molar-refractivity contribution in [2.75, 3.05) is 18.2 Å². The van der Waals surface area contributed by atoms with Gasteiger partial charge in [0.2, 0.25) is 0 Å². The second kappa shape index (κ2) is 5.14. The predicted octanol–water partition coefficient (Wildman–Crippen LogP) is 3.81. The van der Waals surface area contributed by atoms with Crippen LogP contribution in [0.3, 0.4) is 0 Å². The molecule has 3 nitrogen and oxygen atoms in total. The van der Waals surface area contributed by atoms with Crippen LogP contribution in [0.5, 0.6) is 5.75 Å². The van der Waals surface area contributed by atoms with E-state index in [9.17, 15) is 4.39 Å². The van der Waals surface area contributed by atoms with E-state index in [1.165, 1.54) is 13.2 Å². The van der Waals surface area contributed by atoms with Crippen LogP contribution in [-0.4, -0.2) is 7.11 Å². The maximum atomic E-state index is 13.6. The van der Waals surface area contributed by atoms with E-state index in [2.05, 4.69) is 5.32 Å². The normalized spacial score (nSPS) is 10.2. The van der Waals surface area contributed by atoms with Crippen LogP contribution in [0.25, 0.3) is 0 Å². The average molecular weight is 267 g/mol. The van der Waals surface area contributed by atoms with Crippen LogP contribution in [-0.2, 0) is 0 Å². The SMILES string of the molecule is COc1ccc(F)c(Nc2ccc(Cl)cc2N)c1. The summed E-state index contributed by atoms with van der Waals surface area (Å²) in [5, 5.41) is 3.44. The van der Waals surface area contributed by atoms with Crippen molar-refractivity contribution in [1.82, 2.24) is 0 Å². The van der Waals surface area contributed by atoms with E-state index in [4.69, 9.17) is 22.1 Å². The molecule has 2 rings (SSSR count). The van der Waals surface area contributed by atoms with Crippen molar-refractivity contribution in [1.29, 1.82) is 0 Å². The fourth-order valence-electron chi connectivity index (χ4n) is 1.52. The van der Waals surface area contributed by atoms with Crippen molar-refractivity contribution in [3.8, 4) is 5.75 Å². The zero-order valence-electron chi connectivity index (χ0n) is 9.71. The van der Waals surface area contributed by atoms with E-state index in [-0.39, 0.29) is 5.82 Å².